The second-order valence-electron chi connectivity index (χ2n) is 9.78. The molecular formula is C32H28Cl2N4O3S. The number of halogens is 2. The Bertz CT molecular complexity index is 1620. The third-order valence-corrected chi connectivity index (χ3v) is 7.48. The Morgan fingerprint density at radius 3 is 2.29 bits per heavy atom. The van der Waals surface area contributed by atoms with E-state index in [0.29, 0.717) is 34.7 Å². The van der Waals surface area contributed by atoms with Crippen molar-refractivity contribution in [1.82, 2.24) is 10.2 Å². The first-order valence-electron chi connectivity index (χ1n) is 13.3. The first-order chi connectivity index (χ1) is 20.2. The van der Waals surface area contributed by atoms with E-state index in [0.717, 1.165) is 41.2 Å². The van der Waals surface area contributed by atoms with Crippen LogP contribution in [0.15, 0.2) is 89.4 Å². The molecule has 0 saturated carbocycles. The zero-order valence-electron chi connectivity index (χ0n) is 22.8. The van der Waals surface area contributed by atoms with Crippen LogP contribution in [0.3, 0.4) is 0 Å². The Kier molecular flexibility index (Phi) is 9.27. The summed E-state index contributed by atoms with van der Waals surface area (Å²) in [6.07, 6.45) is 2.89. The largest absolute Gasteiger partial charge is 0.457 e. The molecule has 0 unspecified atom stereocenters. The van der Waals surface area contributed by atoms with Gasteiger partial charge < -0.3 is 19.5 Å². The molecule has 3 aromatic carbocycles. The number of anilines is 2. The monoisotopic (exact) mass is 618 g/mol. The lowest BCUT2D eigenvalue weighted by molar-refractivity contribution is -0.115. The normalized spacial score (nSPS) is 13.3. The van der Waals surface area contributed by atoms with E-state index in [2.05, 4.69) is 15.5 Å². The summed E-state index contributed by atoms with van der Waals surface area (Å²) in [5, 5.41) is 6.85. The van der Waals surface area contributed by atoms with Crippen molar-refractivity contribution in [2.24, 2.45) is 0 Å². The van der Waals surface area contributed by atoms with Gasteiger partial charge in [-0.05, 0) is 91.4 Å². The molecule has 2 amide bonds. The van der Waals surface area contributed by atoms with Gasteiger partial charge in [-0.25, -0.2) is 0 Å². The van der Waals surface area contributed by atoms with Gasteiger partial charge in [0, 0.05) is 64.8 Å². The molecule has 7 nitrogen and oxygen atoms in total. The van der Waals surface area contributed by atoms with Gasteiger partial charge in [-0.3, -0.25) is 14.9 Å². The van der Waals surface area contributed by atoms with Crippen LogP contribution in [0.5, 0.6) is 0 Å². The van der Waals surface area contributed by atoms with Gasteiger partial charge in [-0.1, -0.05) is 41.4 Å². The standard InChI is InChI=1S/C32H28Cl2N4O3S/c1-21-4-2-3-5-28(21)31(40)38-16-14-37(15-17-38)26-8-6-25(7-9-26)35-32(42)36-30(39)13-11-27-10-12-29(41-27)22-18-23(33)20-24(34)19-22/h2-13,18-20H,14-17H2,1H3,(H2,35,36,39,42)/b13-11+. The third-order valence-electron chi connectivity index (χ3n) is 6.84. The molecule has 0 radical (unpaired) electrons. The first-order valence-corrected chi connectivity index (χ1v) is 14.5. The SMILES string of the molecule is Cc1ccccc1C(=O)N1CCN(c2ccc(NC(=S)NC(=O)/C=C/c3ccc(-c4cc(Cl)cc(Cl)c4)o3)cc2)CC1. The van der Waals surface area contributed by atoms with Gasteiger partial charge in [0.15, 0.2) is 5.11 Å². The summed E-state index contributed by atoms with van der Waals surface area (Å²) >= 11 is 17.4. The Morgan fingerprint density at radius 1 is 0.905 bits per heavy atom. The van der Waals surface area contributed by atoms with Crippen LogP contribution in [-0.4, -0.2) is 48.0 Å². The van der Waals surface area contributed by atoms with Crippen molar-refractivity contribution in [3.05, 3.63) is 112 Å². The Hall–Kier alpha value is -4.11. The summed E-state index contributed by atoms with van der Waals surface area (Å²) in [6, 6.07) is 24.1. The highest BCUT2D eigenvalue weighted by atomic mass is 35.5. The molecule has 42 heavy (non-hydrogen) atoms. The Labute approximate surface area is 259 Å². The highest BCUT2D eigenvalue weighted by Crippen LogP contribution is 2.29. The summed E-state index contributed by atoms with van der Waals surface area (Å²) in [6.45, 7) is 4.77. The highest BCUT2D eigenvalue weighted by molar-refractivity contribution is 7.80. The molecule has 0 spiro atoms. The Morgan fingerprint density at radius 2 is 1.60 bits per heavy atom. The minimum absolute atomic E-state index is 0.0783. The summed E-state index contributed by atoms with van der Waals surface area (Å²) in [5.74, 6) is 0.754. The quantitative estimate of drug-likeness (QED) is 0.178. The number of piperazine rings is 1. The summed E-state index contributed by atoms with van der Waals surface area (Å²) in [7, 11) is 0. The van der Waals surface area contributed by atoms with Gasteiger partial charge in [0.05, 0.1) is 0 Å². The number of amides is 2. The molecule has 5 rings (SSSR count). The van der Waals surface area contributed by atoms with Crippen LogP contribution in [-0.2, 0) is 4.79 Å². The summed E-state index contributed by atoms with van der Waals surface area (Å²) in [5.41, 5.74) is 4.29. The number of furan rings is 1. The van der Waals surface area contributed by atoms with Crippen molar-refractivity contribution < 1.29 is 14.0 Å². The average molecular weight is 620 g/mol. The molecule has 0 atom stereocenters. The van der Waals surface area contributed by atoms with Crippen molar-refractivity contribution in [1.29, 1.82) is 0 Å². The number of benzene rings is 3. The van der Waals surface area contributed by atoms with E-state index >= 15 is 0 Å². The molecule has 4 aromatic rings. The van der Waals surface area contributed by atoms with Crippen molar-refractivity contribution in [2.75, 3.05) is 36.4 Å². The molecule has 214 valence electrons. The fourth-order valence-corrected chi connectivity index (χ4v) is 5.42. The minimum Gasteiger partial charge on any atom is -0.457 e. The van der Waals surface area contributed by atoms with Crippen LogP contribution in [0.2, 0.25) is 10.0 Å². The summed E-state index contributed by atoms with van der Waals surface area (Å²) < 4.78 is 5.78. The van der Waals surface area contributed by atoms with Crippen LogP contribution >= 0.6 is 35.4 Å². The number of carbonyl (C=O) groups excluding carboxylic acids is 2. The van der Waals surface area contributed by atoms with Gasteiger partial charge in [-0.2, -0.15) is 0 Å². The van der Waals surface area contributed by atoms with E-state index in [9.17, 15) is 9.59 Å². The molecule has 2 N–H and O–H groups in total. The van der Waals surface area contributed by atoms with E-state index < -0.39 is 5.91 Å². The minimum atomic E-state index is -0.397. The number of hydrogen-bond donors (Lipinski definition) is 2. The van der Waals surface area contributed by atoms with Crippen LogP contribution in [0.1, 0.15) is 21.7 Å². The maximum absolute atomic E-state index is 12.9. The number of carbonyl (C=O) groups is 2. The molecule has 1 aromatic heterocycles. The lowest BCUT2D eigenvalue weighted by atomic mass is 10.1. The zero-order chi connectivity index (χ0) is 29.6. The van der Waals surface area contributed by atoms with Gasteiger partial charge in [-0.15, -0.1) is 0 Å². The number of rotatable bonds is 6. The molecule has 0 aliphatic carbocycles. The van der Waals surface area contributed by atoms with E-state index in [-0.39, 0.29) is 11.0 Å². The molecule has 1 fully saturated rings. The van der Waals surface area contributed by atoms with E-state index in [4.69, 9.17) is 39.8 Å². The maximum atomic E-state index is 12.9. The van der Waals surface area contributed by atoms with Crippen LogP contribution in [0.25, 0.3) is 17.4 Å². The predicted molar refractivity (Wildman–Crippen MR) is 173 cm³/mol. The molecule has 1 aliphatic heterocycles. The van der Waals surface area contributed by atoms with E-state index in [1.54, 1.807) is 36.4 Å². The van der Waals surface area contributed by atoms with Crippen LogP contribution in [0, 0.1) is 6.92 Å². The third kappa shape index (κ3) is 7.39. The lowest BCUT2D eigenvalue weighted by Gasteiger charge is -2.36. The molecule has 1 aliphatic rings. The van der Waals surface area contributed by atoms with Gasteiger partial charge in [0.1, 0.15) is 11.5 Å². The molecule has 0 bridgehead atoms. The number of nitrogens with one attached hydrogen (secondary N) is 2. The maximum Gasteiger partial charge on any atom is 0.254 e. The molecule has 1 saturated heterocycles. The van der Waals surface area contributed by atoms with Crippen molar-refractivity contribution in [2.45, 2.75) is 6.92 Å². The average Bonchev–Trinajstić information content (AvgIpc) is 3.45. The lowest BCUT2D eigenvalue weighted by Crippen LogP contribution is -2.48. The molecule has 10 heteroatoms. The van der Waals surface area contributed by atoms with Crippen molar-refractivity contribution >= 4 is 69.8 Å². The van der Waals surface area contributed by atoms with E-state index in [1.807, 2.05) is 60.4 Å². The smallest absolute Gasteiger partial charge is 0.254 e. The number of thiocarbonyl (C=S) groups is 1. The topological polar surface area (TPSA) is 77.8 Å². The number of aryl methyl sites for hydroxylation is 1. The second-order valence-corrected chi connectivity index (χ2v) is 11.1. The van der Waals surface area contributed by atoms with Gasteiger partial charge in [0.2, 0.25) is 5.91 Å². The van der Waals surface area contributed by atoms with Crippen LogP contribution < -0.4 is 15.5 Å². The molecule has 2 heterocycles. The second kappa shape index (κ2) is 13.2. The van der Waals surface area contributed by atoms with E-state index in [1.165, 1.54) is 6.08 Å². The number of hydrogen-bond acceptors (Lipinski definition) is 5. The Balaban J connectivity index is 1.09. The predicted octanol–water partition coefficient (Wildman–Crippen LogP) is 7.05. The van der Waals surface area contributed by atoms with Gasteiger partial charge >= 0.3 is 0 Å². The van der Waals surface area contributed by atoms with Gasteiger partial charge in [0.25, 0.3) is 5.91 Å². The fraction of sp³-hybridized carbons (Fsp3) is 0.156. The fourth-order valence-electron chi connectivity index (χ4n) is 4.67. The summed E-state index contributed by atoms with van der Waals surface area (Å²) in [4.78, 5) is 29.5. The van der Waals surface area contributed by atoms with Crippen LogP contribution in [0.4, 0.5) is 11.4 Å². The number of nitrogens with zero attached hydrogens (tertiary/aromatic N) is 2. The first kappa shape index (κ1) is 29.4. The zero-order valence-corrected chi connectivity index (χ0v) is 25.1. The highest BCUT2D eigenvalue weighted by Gasteiger charge is 2.23. The molecular weight excluding hydrogens is 591 g/mol. The van der Waals surface area contributed by atoms with Crippen molar-refractivity contribution in [3.63, 3.8) is 0 Å². The van der Waals surface area contributed by atoms with Crippen molar-refractivity contribution in [3.8, 4) is 11.3 Å².